The first-order chi connectivity index (χ1) is 14.3. The van der Waals surface area contributed by atoms with Crippen LogP contribution in [0.4, 0.5) is 28.0 Å². The highest BCUT2D eigenvalue weighted by Crippen LogP contribution is 2.33. The first-order valence-electron chi connectivity index (χ1n) is 9.74. The van der Waals surface area contributed by atoms with Gasteiger partial charge in [-0.1, -0.05) is 18.2 Å². The van der Waals surface area contributed by atoms with Crippen molar-refractivity contribution in [2.45, 2.75) is 19.0 Å². The number of carbonyl (C=O) groups excluding carboxylic acids is 1. The van der Waals surface area contributed by atoms with Crippen LogP contribution < -0.4 is 10.6 Å². The zero-order chi connectivity index (χ0) is 21.6. The summed E-state index contributed by atoms with van der Waals surface area (Å²) < 4.78 is 51.7. The normalized spacial score (nSPS) is 19.3. The van der Waals surface area contributed by atoms with Gasteiger partial charge in [0.15, 0.2) is 0 Å². The number of benzene rings is 1. The number of amides is 2. The third kappa shape index (κ3) is 6.34. The lowest BCUT2D eigenvalue weighted by Gasteiger charge is -2.32. The smallest absolute Gasteiger partial charge is 0.338 e. The van der Waals surface area contributed by atoms with Gasteiger partial charge >= 0.3 is 12.2 Å². The molecule has 0 aromatic heterocycles. The molecule has 1 aromatic carbocycles. The van der Waals surface area contributed by atoms with Gasteiger partial charge in [-0.25, -0.2) is 9.18 Å². The number of hydrogen-bond donors (Lipinski definition) is 2. The molecule has 1 unspecified atom stereocenters. The second-order valence-electron chi connectivity index (χ2n) is 7.35. The Bertz CT molecular complexity index is 898. The number of carbonyl (C=O) groups is 1. The number of nitrogens with zero attached hydrogens (tertiary/aromatic N) is 1. The second-order valence-corrected chi connectivity index (χ2v) is 7.35. The molecule has 0 radical (unpaired) electrons. The van der Waals surface area contributed by atoms with Crippen LogP contribution >= 0.6 is 0 Å². The summed E-state index contributed by atoms with van der Waals surface area (Å²) >= 11 is 0. The number of anilines is 1. The molecule has 160 valence electrons. The topological polar surface area (TPSA) is 44.4 Å². The van der Waals surface area contributed by atoms with Crippen LogP contribution in [0.25, 0.3) is 0 Å². The van der Waals surface area contributed by atoms with Gasteiger partial charge in [0.25, 0.3) is 0 Å². The summed E-state index contributed by atoms with van der Waals surface area (Å²) in [6, 6.07) is 1.77. The number of allylic oxidation sites excluding steroid dienone is 3. The van der Waals surface area contributed by atoms with Crippen LogP contribution in [0.5, 0.6) is 0 Å². The maximum Gasteiger partial charge on any atom is 0.419 e. The summed E-state index contributed by atoms with van der Waals surface area (Å²) in [7, 11) is 0. The molecule has 2 aliphatic rings. The predicted molar refractivity (Wildman–Crippen MR) is 107 cm³/mol. The van der Waals surface area contributed by atoms with Crippen molar-refractivity contribution in [3.8, 4) is 0 Å². The van der Waals surface area contributed by atoms with Crippen molar-refractivity contribution >= 4 is 11.7 Å². The van der Waals surface area contributed by atoms with E-state index in [-0.39, 0.29) is 11.6 Å². The number of likely N-dealkylation sites (tertiary alicyclic amines) is 1. The predicted octanol–water partition coefficient (Wildman–Crippen LogP) is 4.89. The van der Waals surface area contributed by atoms with E-state index in [1.807, 2.05) is 30.4 Å². The molecule has 1 aliphatic carbocycles. The number of hydrogen-bond acceptors (Lipinski definition) is 2. The summed E-state index contributed by atoms with van der Waals surface area (Å²) in [6.45, 7) is 2.95. The van der Waals surface area contributed by atoms with E-state index < -0.39 is 23.6 Å². The maximum absolute atomic E-state index is 13.4. The highest BCUT2D eigenvalue weighted by atomic mass is 19.4. The van der Waals surface area contributed by atoms with E-state index in [9.17, 15) is 22.4 Å². The van der Waals surface area contributed by atoms with Crippen LogP contribution in [0.2, 0.25) is 0 Å². The summed E-state index contributed by atoms with van der Waals surface area (Å²) in [6.07, 6.45) is 6.87. The van der Waals surface area contributed by atoms with Crippen LogP contribution in [0.15, 0.2) is 59.9 Å². The van der Waals surface area contributed by atoms with Crippen LogP contribution in [0.3, 0.4) is 0 Å². The summed E-state index contributed by atoms with van der Waals surface area (Å²) in [5.74, 6) is -1.14. The van der Waals surface area contributed by atoms with E-state index in [0.717, 1.165) is 44.1 Å². The maximum atomic E-state index is 13.4. The zero-order valence-corrected chi connectivity index (χ0v) is 16.3. The SMILES string of the molecule is O=C(NCC1CCCN(CC2=C=CC=CC=C2)C1)Nc1ccc(F)c(C(F)(F)F)c1. The van der Waals surface area contributed by atoms with Crippen molar-refractivity contribution in [1.82, 2.24) is 10.2 Å². The van der Waals surface area contributed by atoms with Crippen LogP contribution in [0, 0.1) is 11.7 Å². The Morgan fingerprint density at radius 2 is 2.07 bits per heavy atom. The lowest BCUT2D eigenvalue weighted by atomic mass is 9.97. The quantitative estimate of drug-likeness (QED) is 0.526. The molecule has 0 spiro atoms. The molecule has 8 heteroatoms. The van der Waals surface area contributed by atoms with Crippen LogP contribution in [-0.2, 0) is 6.18 Å². The van der Waals surface area contributed by atoms with Crippen molar-refractivity contribution < 1.29 is 22.4 Å². The Labute approximate surface area is 172 Å². The highest BCUT2D eigenvalue weighted by Gasteiger charge is 2.34. The average Bonchev–Trinajstić information content (AvgIpc) is 2.96. The average molecular weight is 421 g/mol. The fourth-order valence-electron chi connectivity index (χ4n) is 3.53. The molecule has 1 atom stereocenters. The van der Waals surface area contributed by atoms with Crippen molar-refractivity contribution in [2.75, 3.05) is 31.5 Å². The van der Waals surface area contributed by atoms with Crippen molar-refractivity contribution in [2.24, 2.45) is 5.92 Å². The molecule has 4 nitrogen and oxygen atoms in total. The Morgan fingerprint density at radius 3 is 2.87 bits per heavy atom. The van der Waals surface area contributed by atoms with E-state index in [2.05, 4.69) is 21.3 Å². The molecule has 0 bridgehead atoms. The Kier molecular flexibility index (Phi) is 7.13. The van der Waals surface area contributed by atoms with Gasteiger partial charge in [-0.3, -0.25) is 4.90 Å². The van der Waals surface area contributed by atoms with E-state index in [1.54, 1.807) is 0 Å². The van der Waals surface area contributed by atoms with Gasteiger partial charge in [-0.15, -0.1) is 5.73 Å². The van der Waals surface area contributed by atoms with Gasteiger partial charge in [-0.05, 0) is 55.7 Å². The van der Waals surface area contributed by atoms with Gasteiger partial charge in [0.05, 0.1) is 5.56 Å². The number of piperidine rings is 1. The standard InChI is InChI=1S/C22H23F4N3O/c23-20-10-9-18(12-19(20)22(24,25)26)28-21(30)27-13-17-8-5-11-29(15-17)14-16-6-3-1-2-4-7-16/h1-4,6,9-10,12,17H,5,8,11,13-15H2,(H2,27,28,30). The molecule has 0 saturated carbocycles. The Hall–Kier alpha value is -2.83. The molecule has 1 aliphatic heterocycles. The number of rotatable bonds is 5. The molecule has 3 rings (SSSR count). The van der Waals surface area contributed by atoms with Crippen molar-refractivity contribution in [1.29, 1.82) is 0 Å². The Morgan fingerprint density at radius 1 is 1.23 bits per heavy atom. The van der Waals surface area contributed by atoms with Crippen LogP contribution in [0.1, 0.15) is 18.4 Å². The second kappa shape index (κ2) is 9.78. The third-order valence-corrected chi connectivity index (χ3v) is 4.96. The molecule has 2 N–H and O–H groups in total. The molecule has 1 fully saturated rings. The first kappa shape index (κ1) is 21.9. The van der Waals surface area contributed by atoms with E-state index in [0.29, 0.717) is 18.7 Å². The van der Waals surface area contributed by atoms with Crippen LogP contribution in [-0.4, -0.2) is 37.1 Å². The zero-order valence-electron chi connectivity index (χ0n) is 16.3. The van der Waals surface area contributed by atoms with Gasteiger partial charge in [-0.2, -0.15) is 13.2 Å². The number of alkyl halides is 3. The third-order valence-electron chi connectivity index (χ3n) is 4.96. The molecular formula is C22H23F4N3O. The molecule has 1 saturated heterocycles. The molecule has 2 amide bonds. The minimum atomic E-state index is -4.82. The fourth-order valence-corrected chi connectivity index (χ4v) is 3.53. The monoisotopic (exact) mass is 421 g/mol. The summed E-state index contributed by atoms with van der Waals surface area (Å²) in [4.78, 5) is 14.4. The lowest BCUT2D eigenvalue weighted by Crippen LogP contribution is -2.42. The lowest BCUT2D eigenvalue weighted by molar-refractivity contribution is -0.139. The van der Waals surface area contributed by atoms with Crippen molar-refractivity contribution in [3.05, 3.63) is 71.3 Å². The van der Waals surface area contributed by atoms with Gasteiger partial charge in [0, 0.05) is 30.9 Å². The first-order valence-corrected chi connectivity index (χ1v) is 9.74. The fraction of sp³-hybridized carbons (Fsp3) is 0.364. The largest absolute Gasteiger partial charge is 0.419 e. The molecular weight excluding hydrogens is 398 g/mol. The molecule has 1 aromatic rings. The highest BCUT2D eigenvalue weighted by molar-refractivity contribution is 5.89. The summed E-state index contributed by atoms with van der Waals surface area (Å²) in [5.41, 5.74) is 2.80. The van der Waals surface area contributed by atoms with E-state index >= 15 is 0 Å². The van der Waals surface area contributed by atoms with E-state index in [4.69, 9.17) is 0 Å². The van der Waals surface area contributed by atoms with Crippen molar-refractivity contribution in [3.63, 3.8) is 0 Å². The molecule has 1 heterocycles. The minimum absolute atomic E-state index is 0.112. The summed E-state index contributed by atoms with van der Waals surface area (Å²) in [5, 5.41) is 5.04. The number of halogens is 4. The number of nitrogens with one attached hydrogen (secondary N) is 2. The Balaban J connectivity index is 1.49. The van der Waals surface area contributed by atoms with Gasteiger partial charge in [0.1, 0.15) is 5.82 Å². The van der Waals surface area contributed by atoms with Gasteiger partial charge in [0.2, 0.25) is 0 Å². The molecule has 30 heavy (non-hydrogen) atoms. The van der Waals surface area contributed by atoms with E-state index in [1.165, 1.54) is 0 Å². The van der Waals surface area contributed by atoms with Gasteiger partial charge < -0.3 is 10.6 Å². The number of urea groups is 1. The minimum Gasteiger partial charge on any atom is -0.338 e.